The van der Waals surface area contributed by atoms with E-state index in [0.717, 1.165) is 25.0 Å². The lowest BCUT2D eigenvalue weighted by molar-refractivity contribution is 0.212. The second kappa shape index (κ2) is 6.95. The van der Waals surface area contributed by atoms with E-state index in [-0.39, 0.29) is 17.8 Å². The summed E-state index contributed by atoms with van der Waals surface area (Å²) in [7, 11) is -1.51. The van der Waals surface area contributed by atoms with Crippen molar-refractivity contribution in [2.45, 2.75) is 45.1 Å². The van der Waals surface area contributed by atoms with E-state index in [1.54, 1.807) is 14.0 Å². The van der Waals surface area contributed by atoms with Crippen molar-refractivity contribution in [3.05, 3.63) is 10.6 Å². The first-order valence-electron chi connectivity index (χ1n) is 7.46. The van der Waals surface area contributed by atoms with Gasteiger partial charge in [-0.2, -0.15) is 0 Å². The quantitative estimate of drug-likeness (QED) is 0.849. The van der Waals surface area contributed by atoms with Gasteiger partial charge in [-0.25, -0.2) is 18.2 Å². The lowest BCUT2D eigenvalue weighted by atomic mass is 10.2. The molecule has 0 spiro atoms. The summed E-state index contributed by atoms with van der Waals surface area (Å²) >= 11 is 1.53. The third-order valence-electron chi connectivity index (χ3n) is 3.83. The molecule has 8 heteroatoms. The third-order valence-corrected chi connectivity index (χ3v) is 6.00. The van der Waals surface area contributed by atoms with Crippen molar-refractivity contribution in [1.29, 1.82) is 0 Å². The fourth-order valence-electron chi connectivity index (χ4n) is 2.51. The summed E-state index contributed by atoms with van der Waals surface area (Å²) in [5, 5.41) is 3.39. The van der Waals surface area contributed by atoms with Crippen LogP contribution in [0.5, 0.6) is 0 Å². The summed E-state index contributed by atoms with van der Waals surface area (Å²) in [5.41, 5.74) is 1.10. The molecule has 2 rings (SSSR count). The number of carbonyl (C=O) groups excluding carboxylic acids is 1. The zero-order valence-corrected chi connectivity index (χ0v) is 14.9. The second-order valence-corrected chi connectivity index (χ2v) is 9.20. The number of hydrogen-bond donors (Lipinski definition) is 1. The van der Waals surface area contributed by atoms with E-state index in [0.29, 0.717) is 5.13 Å². The first-order valence-corrected chi connectivity index (χ1v) is 10.3. The number of sulfone groups is 1. The Bertz CT molecular complexity index is 616. The lowest BCUT2D eigenvalue weighted by Gasteiger charge is -2.23. The van der Waals surface area contributed by atoms with Crippen LogP contribution in [0, 0.1) is 0 Å². The number of rotatable bonds is 4. The fraction of sp³-hybridized carbons (Fsp3) is 0.714. The highest BCUT2D eigenvalue weighted by molar-refractivity contribution is 7.90. The number of aromatic nitrogens is 1. The van der Waals surface area contributed by atoms with E-state index in [1.807, 2.05) is 0 Å². The van der Waals surface area contributed by atoms with Gasteiger partial charge in [0.2, 0.25) is 0 Å². The maximum atomic E-state index is 12.2. The van der Waals surface area contributed by atoms with Crippen LogP contribution < -0.4 is 5.32 Å². The molecule has 0 aliphatic heterocycles. The molecule has 1 aliphatic carbocycles. The highest BCUT2D eigenvalue weighted by atomic mass is 32.2. The van der Waals surface area contributed by atoms with Gasteiger partial charge in [-0.1, -0.05) is 6.42 Å². The smallest absolute Gasteiger partial charge is 0.323 e. The van der Waals surface area contributed by atoms with Gasteiger partial charge in [-0.15, -0.1) is 11.3 Å². The van der Waals surface area contributed by atoms with Crippen LogP contribution in [0.3, 0.4) is 0 Å². The Balaban J connectivity index is 1.99. The molecule has 0 saturated heterocycles. The Kier molecular flexibility index (Phi) is 5.44. The Morgan fingerprint density at radius 2 is 2.05 bits per heavy atom. The summed E-state index contributed by atoms with van der Waals surface area (Å²) in [6, 6.07) is -0.701. The summed E-state index contributed by atoms with van der Waals surface area (Å²) in [6.07, 6.45) is 6.73. The molecule has 22 heavy (non-hydrogen) atoms. The lowest BCUT2D eigenvalue weighted by Crippen LogP contribution is -2.41. The number of amides is 2. The second-order valence-electron chi connectivity index (χ2n) is 5.93. The number of urea groups is 1. The van der Waals surface area contributed by atoms with E-state index in [1.165, 1.54) is 40.2 Å². The summed E-state index contributed by atoms with van der Waals surface area (Å²) < 4.78 is 22.6. The highest BCUT2D eigenvalue weighted by Gasteiger charge is 2.21. The molecule has 1 unspecified atom stereocenters. The molecule has 0 bridgehead atoms. The number of aryl methyl sites for hydroxylation is 2. The Morgan fingerprint density at radius 3 is 2.73 bits per heavy atom. The Hall–Kier alpha value is -1.15. The molecule has 1 aromatic heterocycles. The van der Waals surface area contributed by atoms with Crippen molar-refractivity contribution in [2.75, 3.05) is 24.4 Å². The molecule has 0 saturated carbocycles. The minimum absolute atomic E-state index is 0.0503. The van der Waals surface area contributed by atoms with Crippen molar-refractivity contribution in [3.63, 3.8) is 0 Å². The maximum absolute atomic E-state index is 12.2. The Labute approximate surface area is 135 Å². The van der Waals surface area contributed by atoms with E-state index in [9.17, 15) is 13.2 Å². The first kappa shape index (κ1) is 17.2. The van der Waals surface area contributed by atoms with Crippen LogP contribution >= 0.6 is 11.3 Å². The maximum Gasteiger partial charge on any atom is 0.323 e. The monoisotopic (exact) mass is 345 g/mol. The standard InChI is InChI=1S/C14H23N3O3S2/c1-10(9-22(3,19)20)17(2)14(18)16-13-15-11-7-5-4-6-8-12(11)21-13/h10H,4-9H2,1-3H3,(H,15,16,18). The number of nitrogens with one attached hydrogen (secondary N) is 1. The number of nitrogens with zero attached hydrogens (tertiary/aromatic N) is 2. The van der Waals surface area contributed by atoms with Crippen LogP contribution in [0.25, 0.3) is 0 Å². The highest BCUT2D eigenvalue weighted by Crippen LogP contribution is 2.29. The topological polar surface area (TPSA) is 79.4 Å². The van der Waals surface area contributed by atoms with Gasteiger partial charge in [0.05, 0.1) is 11.4 Å². The summed E-state index contributed by atoms with van der Waals surface area (Å²) in [4.78, 5) is 19.4. The predicted octanol–water partition coefficient (Wildman–Crippen LogP) is 2.31. The molecular weight excluding hydrogens is 322 g/mol. The predicted molar refractivity (Wildman–Crippen MR) is 89.3 cm³/mol. The third kappa shape index (κ3) is 4.67. The van der Waals surface area contributed by atoms with E-state index in [2.05, 4.69) is 10.3 Å². The van der Waals surface area contributed by atoms with E-state index in [4.69, 9.17) is 0 Å². The van der Waals surface area contributed by atoms with Crippen molar-refractivity contribution in [3.8, 4) is 0 Å². The van der Waals surface area contributed by atoms with Gasteiger partial charge in [-0.05, 0) is 32.6 Å². The molecule has 1 aliphatic rings. The van der Waals surface area contributed by atoms with Crippen LogP contribution in [-0.4, -0.2) is 49.4 Å². The number of carbonyl (C=O) groups is 1. The molecule has 1 N–H and O–H groups in total. The molecule has 1 atom stereocenters. The zero-order chi connectivity index (χ0) is 16.3. The van der Waals surface area contributed by atoms with Crippen LogP contribution in [-0.2, 0) is 22.7 Å². The normalized spacial score (nSPS) is 16.5. The van der Waals surface area contributed by atoms with Gasteiger partial charge < -0.3 is 4.90 Å². The van der Waals surface area contributed by atoms with Crippen molar-refractivity contribution in [1.82, 2.24) is 9.88 Å². The molecule has 0 fully saturated rings. The molecular formula is C14H23N3O3S2. The van der Waals surface area contributed by atoms with Crippen molar-refractivity contribution < 1.29 is 13.2 Å². The van der Waals surface area contributed by atoms with Crippen LogP contribution in [0.4, 0.5) is 9.93 Å². The SMILES string of the molecule is CC(CS(C)(=O)=O)N(C)C(=O)Nc1nc2c(s1)CCCCC2. The molecule has 0 aromatic carbocycles. The van der Waals surface area contributed by atoms with Gasteiger partial charge >= 0.3 is 6.03 Å². The molecule has 124 valence electrons. The van der Waals surface area contributed by atoms with E-state index >= 15 is 0 Å². The molecule has 1 heterocycles. The fourth-order valence-corrected chi connectivity index (χ4v) is 4.65. The zero-order valence-electron chi connectivity index (χ0n) is 13.3. The van der Waals surface area contributed by atoms with Gasteiger partial charge in [0.15, 0.2) is 5.13 Å². The number of hydrogen-bond acceptors (Lipinski definition) is 5. The van der Waals surface area contributed by atoms with Crippen LogP contribution in [0.1, 0.15) is 36.8 Å². The van der Waals surface area contributed by atoms with Gasteiger partial charge in [-0.3, -0.25) is 5.32 Å². The minimum Gasteiger partial charge on any atom is -0.324 e. The average Bonchev–Trinajstić information content (AvgIpc) is 2.64. The van der Waals surface area contributed by atoms with Crippen molar-refractivity contribution in [2.24, 2.45) is 0 Å². The van der Waals surface area contributed by atoms with E-state index < -0.39 is 9.84 Å². The number of anilines is 1. The summed E-state index contributed by atoms with van der Waals surface area (Å²) in [5.74, 6) is -0.0503. The van der Waals surface area contributed by atoms with Crippen molar-refractivity contribution >= 4 is 32.3 Å². The van der Waals surface area contributed by atoms with Gasteiger partial charge in [0.25, 0.3) is 0 Å². The first-order chi connectivity index (χ1) is 10.3. The van der Waals surface area contributed by atoms with Gasteiger partial charge in [0, 0.05) is 24.2 Å². The van der Waals surface area contributed by atoms with Gasteiger partial charge in [0.1, 0.15) is 9.84 Å². The minimum atomic E-state index is -3.12. The number of thiazole rings is 1. The van der Waals surface area contributed by atoms with Crippen LogP contribution in [0.15, 0.2) is 0 Å². The molecule has 6 nitrogen and oxygen atoms in total. The van der Waals surface area contributed by atoms with Crippen LogP contribution in [0.2, 0.25) is 0 Å². The molecule has 0 radical (unpaired) electrons. The Morgan fingerprint density at radius 1 is 1.36 bits per heavy atom. The summed E-state index contributed by atoms with van der Waals surface area (Å²) in [6.45, 7) is 1.72. The largest absolute Gasteiger partial charge is 0.324 e. The molecule has 2 amide bonds. The molecule has 1 aromatic rings. The number of fused-ring (bicyclic) bond motifs is 1. The average molecular weight is 345 g/mol.